The Kier molecular flexibility index (Phi) is 12.1. The molecule has 2 aromatic rings. The number of ketones is 1. The van der Waals surface area contributed by atoms with Gasteiger partial charge in [0, 0.05) is 36.3 Å². The molecule has 1 aromatic heterocycles. The minimum Gasteiger partial charge on any atom is -0.496 e. The van der Waals surface area contributed by atoms with E-state index in [2.05, 4.69) is 18.6 Å². The Morgan fingerprint density at radius 3 is 2.51 bits per heavy atom. The number of nitrogens with one attached hydrogen (secondary N) is 1. The molecule has 5 aliphatic rings. The van der Waals surface area contributed by atoms with Crippen molar-refractivity contribution in [1.29, 1.82) is 0 Å². The second-order valence-electron chi connectivity index (χ2n) is 17.9. The Balaban J connectivity index is 1.27. The van der Waals surface area contributed by atoms with Gasteiger partial charge in [0.15, 0.2) is 5.78 Å². The maximum atomic E-state index is 14.8. The summed E-state index contributed by atoms with van der Waals surface area (Å²) in [6.07, 6.45) is 8.53. The van der Waals surface area contributed by atoms with E-state index in [1.165, 1.54) is 0 Å². The first-order valence-electron chi connectivity index (χ1n) is 21.1. The molecule has 0 radical (unpaired) electrons. The van der Waals surface area contributed by atoms with Crippen LogP contribution in [-0.2, 0) is 40.4 Å². The highest BCUT2D eigenvalue weighted by molar-refractivity contribution is 7.90. The molecule has 7 rings (SSSR count). The molecule has 2 amide bonds. The van der Waals surface area contributed by atoms with Gasteiger partial charge in [0.05, 0.1) is 55.5 Å². The van der Waals surface area contributed by atoms with Crippen LogP contribution in [0.1, 0.15) is 123 Å². The van der Waals surface area contributed by atoms with E-state index in [1.54, 1.807) is 18.1 Å². The average Bonchev–Trinajstić information content (AvgIpc) is 4.09. The number of carbonyl (C=O) groups excluding carboxylic acids is 4. The summed E-state index contributed by atoms with van der Waals surface area (Å²) in [5.41, 5.74) is 0.110. The molecule has 57 heavy (non-hydrogen) atoms. The van der Waals surface area contributed by atoms with Gasteiger partial charge in [0.2, 0.25) is 27.7 Å². The van der Waals surface area contributed by atoms with Crippen molar-refractivity contribution in [3.63, 3.8) is 0 Å². The second-order valence-corrected chi connectivity index (χ2v) is 19.8. The molecule has 2 saturated carbocycles. The second kappa shape index (κ2) is 16.7. The van der Waals surface area contributed by atoms with Crippen LogP contribution in [0.2, 0.25) is 0 Å². The summed E-state index contributed by atoms with van der Waals surface area (Å²) < 4.78 is 52.6. The summed E-state index contributed by atoms with van der Waals surface area (Å²) >= 11 is 0. The summed E-state index contributed by atoms with van der Waals surface area (Å²) in [6.45, 7) is 6.68. The van der Waals surface area contributed by atoms with Gasteiger partial charge >= 0.3 is 5.97 Å². The third-order valence-electron chi connectivity index (χ3n) is 12.8. The zero-order chi connectivity index (χ0) is 40.5. The number of Topliss-reactive ketones (excluding diaryl/α,β-unsaturated/α-hetero) is 1. The van der Waals surface area contributed by atoms with Crippen LogP contribution < -0.4 is 18.9 Å². The molecule has 3 aliphatic heterocycles. The van der Waals surface area contributed by atoms with Crippen LogP contribution in [0.15, 0.2) is 18.2 Å². The summed E-state index contributed by atoms with van der Waals surface area (Å²) in [5.74, 6) is -0.939. The van der Waals surface area contributed by atoms with E-state index in [0.29, 0.717) is 61.6 Å². The van der Waals surface area contributed by atoms with Crippen molar-refractivity contribution in [2.75, 3.05) is 26.9 Å². The van der Waals surface area contributed by atoms with Gasteiger partial charge in [-0.2, -0.15) is 0 Å². The molecule has 5 atom stereocenters. The Morgan fingerprint density at radius 2 is 1.77 bits per heavy atom. The Labute approximate surface area is 336 Å². The number of esters is 1. The molecular weight excluding hydrogens is 751 g/mol. The third kappa shape index (κ3) is 9.36. The number of aromatic nitrogens is 1. The van der Waals surface area contributed by atoms with Crippen molar-refractivity contribution >= 4 is 44.5 Å². The highest BCUT2D eigenvalue weighted by atomic mass is 32.2. The molecule has 5 bridgehead atoms. The lowest BCUT2D eigenvalue weighted by molar-refractivity contribution is -0.152. The first-order chi connectivity index (χ1) is 27.2. The standard InChI is InChI=1S/C43H59N3O10S/c1-5-54-38-22-37-32-18-27(36(53-4)21-33(32)44-38)13-11-17-42(2,3)26-55-39(48)19-28-12-9-7-6-8-10-14-29-23-43(29,41(50)45-57(51,52)31-15-16-31)24-35(47)34-20-30(56-37)25-46(34)40(28)49/h18,21-22,28-31,34H,5-17,19-20,23-26H2,1-4H3,(H,45,50)/t28-,29-,30-,34+,43-/m1/s1. The van der Waals surface area contributed by atoms with E-state index >= 15 is 0 Å². The van der Waals surface area contributed by atoms with Crippen molar-refractivity contribution in [2.45, 2.75) is 141 Å². The molecule has 0 unspecified atom stereocenters. The fourth-order valence-corrected chi connectivity index (χ4v) is 10.6. The molecule has 1 N–H and O–H groups in total. The molecule has 4 heterocycles. The maximum Gasteiger partial charge on any atom is 0.306 e. The molecule has 2 aliphatic carbocycles. The average molecular weight is 810 g/mol. The van der Waals surface area contributed by atoms with Gasteiger partial charge in [-0.15, -0.1) is 0 Å². The topological polar surface area (TPSA) is 167 Å². The Morgan fingerprint density at radius 1 is 1.02 bits per heavy atom. The summed E-state index contributed by atoms with van der Waals surface area (Å²) in [4.78, 5) is 63.1. The van der Waals surface area contributed by atoms with Crippen molar-refractivity contribution in [3.05, 3.63) is 23.8 Å². The van der Waals surface area contributed by atoms with Gasteiger partial charge in [-0.25, -0.2) is 13.4 Å². The summed E-state index contributed by atoms with van der Waals surface area (Å²) in [6, 6.07) is 4.71. The maximum absolute atomic E-state index is 14.8. The van der Waals surface area contributed by atoms with Crippen molar-refractivity contribution in [1.82, 2.24) is 14.6 Å². The first kappa shape index (κ1) is 41.2. The number of hydrogen-bond donors (Lipinski definition) is 1. The lowest BCUT2D eigenvalue weighted by Crippen LogP contribution is -2.46. The number of amides is 2. The van der Waals surface area contributed by atoms with Crippen LogP contribution in [0.4, 0.5) is 0 Å². The van der Waals surface area contributed by atoms with Gasteiger partial charge in [-0.1, -0.05) is 46.0 Å². The van der Waals surface area contributed by atoms with Crippen LogP contribution in [0.3, 0.4) is 0 Å². The van der Waals surface area contributed by atoms with Crippen LogP contribution in [0.25, 0.3) is 10.9 Å². The largest absolute Gasteiger partial charge is 0.496 e. The number of fused-ring (bicyclic) bond motifs is 4. The molecule has 312 valence electrons. The number of pyridine rings is 1. The van der Waals surface area contributed by atoms with E-state index in [1.807, 2.05) is 19.1 Å². The number of methoxy groups -OCH3 is 1. The van der Waals surface area contributed by atoms with E-state index in [4.69, 9.17) is 23.9 Å². The normalized spacial score (nSPS) is 28.9. The minimum absolute atomic E-state index is 0.0866. The predicted molar refractivity (Wildman–Crippen MR) is 212 cm³/mol. The highest BCUT2D eigenvalue weighted by Crippen LogP contribution is 2.59. The number of ether oxygens (including phenoxy) is 4. The predicted octanol–water partition coefficient (Wildman–Crippen LogP) is 6.22. The third-order valence-corrected chi connectivity index (χ3v) is 14.6. The molecule has 1 aromatic carbocycles. The van der Waals surface area contributed by atoms with Crippen LogP contribution in [-0.4, -0.2) is 86.1 Å². The molecule has 0 spiro atoms. The van der Waals surface area contributed by atoms with Gasteiger partial charge in [-0.05, 0) is 81.3 Å². The molecule has 14 heteroatoms. The molecule has 2 saturated heterocycles. The van der Waals surface area contributed by atoms with E-state index in [-0.39, 0.29) is 55.4 Å². The van der Waals surface area contributed by atoms with Crippen LogP contribution in [0.5, 0.6) is 17.4 Å². The Bertz CT molecular complexity index is 1980. The Hall–Kier alpha value is -3.94. The molecular formula is C43H59N3O10S. The zero-order valence-corrected chi connectivity index (χ0v) is 34.8. The number of carbonyl (C=O) groups is 4. The van der Waals surface area contributed by atoms with E-state index < -0.39 is 50.6 Å². The number of hydrogen-bond acceptors (Lipinski definition) is 11. The van der Waals surface area contributed by atoms with Gasteiger partial charge in [0.25, 0.3) is 0 Å². The van der Waals surface area contributed by atoms with Gasteiger partial charge < -0.3 is 23.8 Å². The SMILES string of the molecule is CCOc1cc2c3cc(c(OC)cc3n1)CCCC(C)(C)COC(=O)C[C@H]1CCCCCCC[C@@H]3C[C@@]3(C(=O)NS(=O)(=O)C3CC3)CC(=O)[C@@H]3C[C@H](CN3C1=O)O2. The quantitative estimate of drug-likeness (QED) is 0.329. The van der Waals surface area contributed by atoms with E-state index in [0.717, 1.165) is 62.3 Å². The van der Waals surface area contributed by atoms with Gasteiger partial charge in [-0.3, -0.25) is 23.9 Å². The van der Waals surface area contributed by atoms with Crippen molar-refractivity contribution in [2.24, 2.45) is 22.7 Å². The number of nitrogens with zero attached hydrogens (tertiary/aromatic N) is 2. The monoisotopic (exact) mass is 809 g/mol. The highest BCUT2D eigenvalue weighted by Gasteiger charge is 2.62. The molecule has 4 fully saturated rings. The van der Waals surface area contributed by atoms with Crippen molar-refractivity contribution < 1.29 is 46.5 Å². The number of aryl methyl sites for hydroxylation is 1. The number of benzene rings is 1. The van der Waals surface area contributed by atoms with Crippen molar-refractivity contribution in [3.8, 4) is 17.4 Å². The lowest BCUT2D eigenvalue weighted by Gasteiger charge is -2.29. The van der Waals surface area contributed by atoms with E-state index in [9.17, 15) is 27.6 Å². The molecule has 13 nitrogen and oxygen atoms in total. The zero-order valence-electron chi connectivity index (χ0n) is 33.9. The lowest BCUT2D eigenvalue weighted by atomic mass is 9.87. The summed E-state index contributed by atoms with van der Waals surface area (Å²) in [5, 5.41) is 0.170. The first-order valence-corrected chi connectivity index (χ1v) is 22.6. The fraction of sp³-hybridized carbons (Fsp3) is 0.698. The number of cyclic esters (lactones) is 1. The number of rotatable bonds is 6. The fourth-order valence-electron chi connectivity index (χ4n) is 9.24. The minimum atomic E-state index is -3.83. The smallest absolute Gasteiger partial charge is 0.306 e. The van der Waals surface area contributed by atoms with Crippen LogP contribution in [0, 0.1) is 22.7 Å². The van der Waals surface area contributed by atoms with Gasteiger partial charge in [0.1, 0.15) is 17.6 Å². The summed E-state index contributed by atoms with van der Waals surface area (Å²) in [7, 11) is -2.20. The number of sulfonamides is 1. The van der Waals surface area contributed by atoms with Crippen LogP contribution >= 0.6 is 0 Å².